The van der Waals surface area contributed by atoms with Crippen LogP contribution in [0.2, 0.25) is 5.15 Å². The van der Waals surface area contributed by atoms with Crippen molar-refractivity contribution in [2.45, 2.75) is 45.2 Å². The van der Waals surface area contributed by atoms with Crippen molar-refractivity contribution in [3.63, 3.8) is 0 Å². The number of imidazole rings is 1. The number of ether oxygens (including phenoxy) is 1. The zero-order chi connectivity index (χ0) is 37.3. The third kappa shape index (κ3) is 7.25. The van der Waals surface area contributed by atoms with Crippen LogP contribution in [0.3, 0.4) is 0 Å². The lowest BCUT2D eigenvalue weighted by molar-refractivity contribution is -0.137. The molecule has 0 fully saturated rings. The monoisotopic (exact) mass is 732 g/mol. The standard InChI is InChI=1S/C45H41ClN6O2/c1-3-5-25-41-47-43(46)40(30-31-42(53)54-4-2)51(41)32-33-26-28-34(29-27-33)38-23-15-16-24-39(38)44-48-49-50-52(44)45(35-17-9-6-10-18-35,36-19-11-7-12-20-36)37-21-13-8-14-22-37/h6-24,26-31H,3-5,25,32H2,1-2H3/b31-30+. The summed E-state index contributed by atoms with van der Waals surface area (Å²) in [7, 11) is 0. The van der Waals surface area contributed by atoms with E-state index in [0.717, 1.165) is 64.0 Å². The van der Waals surface area contributed by atoms with Gasteiger partial charge in [-0.1, -0.05) is 164 Å². The summed E-state index contributed by atoms with van der Waals surface area (Å²) in [5.74, 6) is 1.10. The fourth-order valence-corrected chi connectivity index (χ4v) is 7.33. The van der Waals surface area contributed by atoms with Crippen LogP contribution in [0.1, 0.15) is 60.5 Å². The lowest BCUT2D eigenvalue weighted by atomic mass is 9.77. The lowest BCUT2D eigenvalue weighted by Gasteiger charge is -2.36. The SMILES string of the molecule is CCCCc1nc(Cl)c(/C=C/C(=O)OCC)n1Cc1ccc(-c2ccccc2-c2nnnn2C(c2ccccc2)(c2ccccc2)c2ccccc2)cc1. The maximum absolute atomic E-state index is 12.2. The fourth-order valence-electron chi connectivity index (χ4n) is 7.07. The van der Waals surface area contributed by atoms with Gasteiger partial charge in [0, 0.05) is 24.6 Å². The topological polar surface area (TPSA) is 87.7 Å². The first-order chi connectivity index (χ1) is 26.5. The van der Waals surface area contributed by atoms with Crippen LogP contribution in [-0.4, -0.2) is 42.3 Å². The number of esters is 1. The molecular weight excluding hydrogens is 692 g/mol. The summed E-state index contributed by atoms with van der Waals surface area (Å²) >= 11 is 6.64. The molecule has 0 saturated heterocycles. The van der Waals surface area contributed by atoms with E-state index in [1.807, 2.05) is 35.0 Å². The van der Waals surface area contributed by atoms with E-state index >= 15 is 0 Å². The van der Waals surface area contributed by atoms with Gasteiger partial charge in [-0.25, -0.2) is 14.5 Å². The Bertz CT molecular complexity index is 2240. The van der Waals surface area contributed by atoms with Crippen molar-refractivity contribution >= 4 is 23.6 Å². The zero-order valence-corrected chi connectivity index (χ0v) is 31.1. The molecule has 0 bridgehead atoms. The van der Waals surface area contributed by atoms with E-state index < -0.39 is 11.5 Å². The summed E-state index contributed by atoms with van der Waals surface area (Å²) in [5, 5.41) is 14.2. The number of tetrazole rings is 1. The van der Waals surface area contributed by atoms with Gasteiger partial charge in [0.1, 0.15) is 11.4 Å². The van der Waals surface area contributed by atoms with Crippen molar-refractivity contribution in [3.8, 4) is 22.5 Å². The molecule has 8 nitrogen and oxygen atoms in total. The van der Waals surface area contributed by atoms with Crippen LogP contribution in [0.15, 0.2) is 146 Å². The van der Waals surface area contributed by atoms with Gasteiger partial charge in [0.2, 0.25) is 0 Å². The van der Waals surface area contributed by atoms with Gasteiger partial charge in [0.15, 0.2) is 11.0 Å². The Morgan fingerprint density at radius 1 is 0.759 bits per heavy atom. The first kappa shape index (κ1) is 36.2. The predicted octanol–water partition coefficient (Wildman–Crippen LogP) is 9.66. The molecule has 9 heteroatoms. The lowest BCUT2D eigenvalue weighted by Crippen LogP contribution is -2.39. The summed E-state index contributed by atoms with van der Waals surface area (Å²) in [4.78, 5) is 16.8. The Morgan fingerprint density at radius 3 is 1.91 bits per heavy atom. The summed E-state index contributed by atoms with van der Waals surface area (Å²) in [6, 6.07) is 47.9. The molecule has 270 valence electrons. The Hall–Kier alpha value is -6.12. The van der Waals surface area contributed by atoms with Crippen LogP contribution in [0.4, 0.5) is 0 Å². The molecule has 2 heterocycles. The van der Waals surface area contributed by atoms with E-state index in [4.69, 9.17) is 26.6 Å². The van der Waals surface area contributed by atoms with Gasteiger partial charge in [-0.15, -0.1) is 5.10 Å². The first-order valence-electron chi connectivity index (χ1n) is 18.3. The number of hydrogen-bond donors (Lipinski definition) is 0. The molecule has 0 aliphatic rings. The van der Waals surface area contributed by atoms with E-state index in [0.29, 0.717) is 29.8 Å². The molecule has 0 aliphatic carbocycles. The average Bonchev–Trinajstić information content (AvgIpc) is 3.82. The fraction of sp³-hybridized carbons (Fsp3) is 0.178. The van der Waals surface area contributed by atoms with Gasteiger partial charge in [0.05, 0.1) is 12.3 Å². The average molecular weight is 733 g/mol. The van der Waals surface area contributed by atoms with Gasteiger partial charge >= 0.3 is 5.97 Å². The summed E-state index contributed by atoms with van der Waals surface area (Å²) in [6.45, 7) is 4.77. The number of carbonyl (C=O) groups excluding carboxylic acids is 1. The number of aryl methyl sites for hydroxylation is 1. The number of aromatic nitrogens is 6. The van der Waals surface area contributed by atoms with Crippen molar-refractivity contribution < 1.29 is 9.53 Å². The van der Waals surface area contributed by atoms with Crippen LogP contribution in [0.5, 0.6) is 0 Å². The number of carbonyl (C=O) groups is 1. The second kappa shape index (κ2) is 16.7. The molecule has 0 radical (unpaired) electrons. The highest BCUT2D eigenvalue weighted by atomic mass is 35.5. The number of hydrogen-bond acceptors (Lipinski definition) is 6. The van der Waals surface area contributed by atoms with E-state index in [-0.39, 0.29) is 0 Å². The molecule has 0 amide bonds. The highest BCUT2D eigenvalue weighted by Gasteiger charge is 2.42. The number of halogens is 1. The van der Waals surface area contributed by atoms with Gasteiger partial charge in [-0.05, 0) is 63.2 Å². The Balaban J connectivity index is 1.30. The van der Waals surface area contributed by atoms with Crippen molar-refractivity contribution in [1.82, 2.24) is 29.8 Å². The first-order valence-corrected chi connectivity index (χ1v) is 18.7. The number of benzene rings is 5. The molecule has 5 aromatic carbocycles. The van der Waals surface area contributed by atoms with Gasteiger partial charge in [-0.3, -0.25) is 0 Å². The van der Waals surface area contributed by atoms with Gasteiger partial charge in [-0.2, -0.15) is 0 Å². The summed E-state index contributed by atoms with van der Waals surface area (Å²) < 4.78 is 9.15. The Morgan fingerprint density at radius 2 is 1.33 bits per heavy atom. The molecule has 0 atom stereocenters. The minimum absolute atomic E-state index is 0.302. The zero-order valence-electron chi connectivity index (χ0n) is 30.3. The maximum Gasteiger partial charge on any atom is 0.330 e. The normalized spacial score (nSPS) is 11.6. The van der Waals surface area contributed by atoms with Crippen LogP contribution in [0.25, 0.3) is 28.6 Å². The number of unbranched alkanes of at least 4 members (excludes halogenated alkanes) is 1. The van der Waals surface area contributed by atoms with Crippen molar-refractivity contribution in [1.29, 1.82) is 0 Å². The van der Waals surface area contributed by atoms with Crippen LogP contribution in [0, 0.1) is 0 Å². The van der Waals surface area contributed by atoms with Crippen molar-refractivity contribution in [3.05, 3.63) is 185 Å². The minimum atomic E-state index is -0.874. The predicted molar refractivity (Wildman–Crippen MR) is 214 cm³/mol. The molecule has 54 heavy (non-hydrogen) atoms. The quantitative estimate of drug-likeness (QED) is 0.0629. The van der Waals surface area contributed by atoms with Crippen molar-refractivity contribution in [2.75, 3.05) is 6.61 Å². The molecular formula is C45H41ClN6O2. The third-order valence-corrected chi connectivity index (χ3v) is 9.87. The molecule has 0 saturated carbocycles. The molecule has 2 aromatic heterocycles. The van der Waals surface area contributed by atoms with Crippen LogP contribution >= 0.6 is 11.6 Å². The smallest absolute Gasteiger partial charge is 0.330 e. The van der Waals surface area contributed by atoms with E-state index in [9.17, 15) is 4.79 Å². The number of nitrogens with zero attached hydrogens (tertiary/aromatic N) is 6. The second-order valence-corrected chi connectivity index (χ2v) is 13.3. The van der Waals surface area contributed by atoms with Crippen LogP contribution in [-0.2, 0) is 28.0 Å². The largest absolute Gasteiger partial charge is 0.463 e. The third-order valence-electron chi connectivity index (χ3n) is 9.59. The minimum Gasteiger partial charge on any atom is -0.463 e. The molecule has 7 rings (SSSR count). The van der Waals surface area contributed by atoms with Crippen LogP contribution < -0.4 is 0 Å². The highest BCUT2D eigenvalue weighted by molar-refractivity contribution is 6.30. The Kier molecular flexibility index (Phi) is 11.2. The molecule has 0 N–H and O–H groups in total. The van der Waals surface area contributed by atoms with E-state index in [1.54, 1.807) is 13.0 Å². The maximum atomic E-state index is 12.2. The van der Waals surface area contributed by atoms with E-state index in [2.05, 4.69) is 131 Å². The van der Waals surface area contributed by atoms with Gasteiger partial charge < -0.3 is 9.30 Å². The molecule has 0 aliphatic heterocycles. The summed E-state index contributed by atoms with van der Waals surface area (Å²) in [5.41, 5.74) is 6.89. The highest BCUT2D eigenvalue weighted by Crippen LogP contribution is 2.43. The molecule has 0 unspecified atom stereocenters. The van der Waals surface area contributed by atoms with Crippen molar-refractivity contribution in [2.24, 2.45) is 0 Å². The Labute approximate surface area is 320 Å². The van der Waals surface area contributed by atoms with Gasteiger partial charge in [0.25, 0.3) is 0 Å². The molecule has 0 spiro atoms. The number of rotatable bonds is 14. The second-order valence-electron chi connectivity index (χ2n) is 12.9. The van der Waals surface area contributed by atoms with E-state index in [1.165, 1.54) is 6.08 Å². The molecule has 7 aromatic rings. The summed E-state index contributed by atoms with van der Waals surface area (Å²) in [6.07, 6.45) is 5.88.